The molecule has 7 atom stereocenters. The summed E-state index contributed by atoms with van der Waals surface area (Å²) < 4.78 is 10.8. The number of hydrogen-bond acceptors (Lipinski definition) is 8. The minimum Gasteiger partial charge on any atom is -0.394 e. The van der Waals surface area contributed by atoms with Crippen LogP contribution in [0.3, 0.4) is 0 Å². The highest BCUT2D eigenvalue weighted by molar-refractivity contribution is 5.32. The summed E-state index contributed by atoms with van der Waals surface area (Å²) in [7, 11) is 0. The van der Waals surface area contributed by atoms with Gasteiger partial charge in [-0.2, -0.15) is 5.26 Å². The smallest absolute Gasteiger partial charge is 0.187 e. The van der Waals surface area contributed by atoms with Crippen molar-refractivity contribution in [1.29, 1.82) is 5.26 Å². The number of aliphatic hydroxyl groups excluding tert-OH is 5. The van der Waals surface area contributed by atoms with Crippen LogP contribution >= 0.6 is 0 Å². The number of nitrogens with zero attached hydrogens (tertiary/aromatic N) is 1. The predicted molar refractivity (Wildman–Crippen MR) is 72.1 cm³/mol. The van der Waals surface area contributed by atoms with Crippen molar-refractivity contribution in [2.24, 2.45) is 0 Å². The number of hydrogen-bond donors (Lipinski definition) is 5. The highest BCUT2D eigenvalue weighted by Gasteiger charge is 2.45. The largest absolute Gasteiger partial charge is 0.394 e. The van der Waals surface area contributed by atoms with Gasteiger partial charge in [-0.05, 0) is 5.57 Å². The van der Waals surface area contributed by atoms with Gasteiger partial charge in [-0.25, -0.2) is 0 Å². The van der Waals surface area contributed by atoms with Crippen molar-refractivity contribution in [2.45, 2.75) is 49.3 Å². The van der Waals surface area contributed by atoms with Gasteiger partial charge in [-0.15, -0.1) is 0 Å². The molecule has 1 fully saturated rings. The summed E-state index contributed by atoms with van der Waals surface area (Å²) in [6.45, 7) is -0.557. The average molecular weight is 313 g/mol. The van der Waals surface area contributed by atoms with Gasteiger partial charge in [-0.3, -0.25) is 0 Å². The maximum Gasteiger partial charge on any atom is 0.187 e. The lowest BCUT2D eigenvalue weighted by Crippen LogP contribution is -2.59. The van der Waals surface area contributed by atoms with Gasteiger partial charge < -0.3 is 35.0 Å². The van der Waals surface area contributed by atoms with Crippen molar-refractivity contribution in [3.8, 4) is 6.07 Å². The molecule has 8 nitrogen and oxygen atoms in total. The van der Waals surface area contributed by atoms with Gasteiger partial charge in [0.2, 0.25) is 0 Å². The van der Waals surface area contributed by atoms with Gasteiger partial charge in [0.1, 0.15) is 24.4 Å². The Balaban J connectivity index is 2.12. The van der Waals surface area contributed by atoms with E-state index in [-0.39, 0.29) is 6.42 Å². The third-order valence-electron chi connectivity index (χ3n) is 3.72. The molecule has 122 valence electrons. The van der Waals surface area contributed by atoms with Gasteiger partial charge in [-0.1, -0.05) is 12.2 Å². The molecule has 5 N–H and O–H groups in total. The third kappa shape index (κ3) is 3.53. The second kappa shape index (κ2) is 7.30. The Morgan fingerprint density at radius 1 is 1.27 bits per heavy atom. The fourth-order valence-corrected chi connectivity index (χ4v) is 2.45. The van der Waals surface area contributed by atoms with Crippen molar-refractivity contribution in [1.82, 2.24) is 0 Å². The molecule has 0 unspecified atom stereocenters. The van der Waals surface area contributed by atoms with Crippen LogP contribution in [0.1, 0.15) is 6.42 Å². The second-order valence-electron chi connectivity index (χ2n) is 5.26. The van der Waals surface area contributed by atoms with E-state index in [2.05, 4.69) is 0 Å². The lowest BCUT2D eigenvalue weighted by molar-refractivity contribution is -0.309. The summed E-state index contributed by atoms with van der Waals surface area (Å²) >= 11 is 0. The maximum absolute atomic E-state index is 9.93. The summed E-state index contributed by atoms with van der Waals surface area (Å²) in [4.78, 5) is 0. The predicted octanol–water partition coefficient (Wildman–Crippen LogP) is -2.06. The Kier molecular flexibility index (Phi) is 5.66. The molecule has 0 saturated carbocycles. The molecule has 0 aromatic heterocycles. The summed E-state index contributed by atoms with van der Waals surface area (Å²) in [6.07, 6.45) is -3.96. The van der Waals surface area contributed by atoms with Crippen molar-refractivity contribution in [3.63, 3.8) is 0 Å². The monoisotopic (exact) mass is 313 g/mol. The minimum absolute atomic E-state index is 0.152. The van der Waals surface area contributed by atoms with Gasteiger partial charge in [0.25, 0.3) is 0 Å². The van der Waals surface area contributed by atoms with E-state index in [1.54, 1.807) is 0 Å². The van der Waals surface area contributed by atoms with Crippen molar-refractivity contribution in [2.75, 3.05) is 6.61 Å². The first-order valence-electron chi connectivity index (χ1n) is 6.89. The Morgan fingerprint density at radius 2 is 2.00 bits per heavy atom. The Morgan fingerprint density at radius 3 is 2.64 bits per heavy atom. The van der Waals surface area contributed by atoms with E-state index < -0.39 is 49.5 Å². The molecule has 2 rings (SSSR count). The fourth-order valence-electron chi connectivity index (χ4n) is 2.45. The van der Waals surface area contributed by atoms with Crippen molar-refractivity contribution >= 4 is 0 Å². The lowest BCUT2D eigenvalue weighted by Gasteiger charge is -2.41. The average Bonchev–Trinajstić information content (AvgIpc) is 2.50. The quantitative estimate of drug-likeness (QED) is 0.374. The normalized spacial score (nSPS) is 44.0. The van der Waals surface area contributed by atoms with Crippen LogP contribution in [0.25, 0.3) is 0 Å². The molecule has 0 radical (unpaired) electrons. The summed E-state index contributed by atoms with van der Waals surface area (Å²) in [5.74, 6) is 0. The van der Waals surface area contributed by atoms with Crippen LogP contribution in [-0.2, 0) is 9.47 Å². The molecule has 0 aromatic rings. The topological polar surface area (TPSA) is 143 Å². The first-order chi connectivity index (χ1) is 10.5. The SMILES string of the molecule is N#C/C=C1\C=C[C@@H](O)C[C@H]1O[C@@H]1O[C@H](CO)[C@H](O)[C@H](O)[C@H]1O. The molecule has 0 aromatic carbocycles. The summed E-state index contributed by atoms with van der Waals surface area (Å²) in [5, 5.41) is 56.9. The molecular weight excluding hydrogens is 294 g/mol. The van der Waals surface area contributed by atoms with E-state index in [9.17, 15) is 20.4 Å². The molecule has 22 heavy (non-hydrogen) atoms. The van der Waals surface area contributed by atoms with E-state index >= 15 is 0 Å². The van der Waals surface area contributed by atoms with Crippen LogP contribution < -0.4 is 0 Å². The van der Waals surface area contributed by atoms with E-state index in [4.69, 9.17) is 19.8 Å². The van der Waals surface area contributed by atoms with Crippen LogP contribution in [-0.4, -0.2) is 75.1 Å². The molecule has 1 aliphatic carbocycles. The van der Waals surface area contributed by atoms with E-state index in [1.165, 1.54) is 18.2 Å². The van der Waals surface area contributed by atoms with Gasteiger partial charge in [0.15, 0.2) is 6.29 Å². The number of aliphatic hydroxyl groups is 5. The summed E-state index contributed by atoms with van der Waals surface area (Å²) in [5.41, 5.74) is 0.491. The highest BCUT2D eigenvalue weighted by atomic mass is 16.7. The molecule has 2 aliphatic rings. The number of nitriles is 1. The molecule has 0 amide bonds. The lowest BCUT2D eigenvalue weighted by atomic mass is 9.95. The number of ether oxygens (including phenoxy) is 2. The zero-order valence-corrected chi connectivity index (χ0v) is 11.7. The highest BCUT2D eigenvalue weighted by Crippen LogP contribution is 2.28. The van der Waals surface area contributed by atoms with E-state index in [1.807, 2.05) is 6.07 Å². The first-order valence-corrected chi connectivity index (χ1v) is 6.89. The zero-order valence-electron chi connectivity index (χ0n) is 11.7. The van der Waals surface area contributed by atoms with E-state index in [0.29, 0.717) is 5.57 Å². The Hall–Kier alpha value is -1.31. The van der Waals surface area contributed by atoms with Crippen LogP contribution in [0.15, 0.2) is 23.8 Å². The third-order valence-corrected chi connectivity index (χ3v) is 3.72. The van der Waals surface area contributed by atoms with Crippen LogP contribution in [0.4, 0.5) is 0 Å². The van der Waals surface area contributed by atoms with Gasteiger partial charge in [0.05, 0.1) is 24.9 Å². The molecule has 1 saturated heterocycles. The number of allylic oxidation sites excluding steroid dienone is 1. The molecule has 8 heteroatoms. The maximum atomic E-state index is 9.93. The number of rotatable bonds is 3. The molecule has 0 spiro atoms. The van der Waals surface area contributed by atoms with Crippen molar-refractivity contribution < 1.29 is 35.0 Å². The van der Waals surface area contributed by atoms with Crippen LogP contribution in [0, 0.1) is 11.3 Å². The molecule has 1 heterocycles. The van der Waals surface area contributed by atoms with Gasteiger partial charge in [0, 0.05) is 12.5 Å². The van der Waals surface area contributed by atoms with Crippen molar-refractivity contribution in [3.05, 3.63) is 23.8 Å². The second-order valence-corrected chi connectivity index (χ2v) is 5.26. The first kappa shape index (κ1) is 17.1. The zero-order chi connectivity index (χ0) is 16.3. The molecule has 0 bridgehead atoms. The fraction of sp³-hybridized carbons (Fsp3) is 0.643. The molecule has 1 aliphatic heterocycles. The van der Waals surface area contributed by atoms with Crippen LogP contribution in [0.2, 0.25) is 0 Å². The van der Waals surface area contributed by atoms with Gasteiger partial charge >= 0.3 is 0 Å². The standard InChI is InChI=1S/C14H19NO7/c15-4-3-7-1-2-8(17)5-9(7)21-14-13(20)12(19)11(18)10(6-16)22-14/h1-3,8-14,16-20H,5-6H2/b7-3+/t8-,9-,10-,11+,12+,13-,14-/m1/s1. The van der Waals surface area contributed by atoms with E-state index in [0.717, 1.165) is 0 Å². The Bertz CT molecular complexity index is 484. The minimum atomic E-state index is -1.54. The molecular formula is C14H19NO7. The summed E-state index contributed by atoms with van der Waals surface area (Å²) in [6, 6.07) is 1.86. The Labute approximate surface area is 127 Å². The van der Waals surface area contributed by atoms with Crippen LogP contribution in [0.5, 0.6) is 0 Å².